The summed E-state index contributed by atoms with van der Waals surface area (Å²) in [6, 6.07) is 5.39. The standard InChI is InChI=1S/C24H22ClF2N5O2/c1-23(2)13-6-7-24(23,20-14(25)11-29-21(30-20)22(34)28-8-9-33)19-12(13)10-17(31-32-19)18-15(26)4-3-5-16(18)27/h3-5,10-11,13,33H,6-9H2,1-2H3,(H,28,34)/t13-,24+/m0/s1. The average molecular weight is 486 g/mol. The molecule has 0 saturated heterocycles. The van der Waals surface area contributed by atoms with Crippen molar-refractivity contribution in [1.29, 1.82) is 0 Å². The van der Waals surface area contributed by atoms with Crippen LogP contribution in [0, 0.1) is 17.0 Å². The lowest BCUT2D eigenvalue weighted by atomic mass is 9.66. The molecule has 34 heavy (non-hydrogen) atoms. The van der Waals surface area contributed by atoms with E-state index in [1.165, 1.54) is 24.4 Å². The Morgan fingerprint density at radius 3 is 2.68 bits per heavy atom. The second-order valence-corrected chi connectivity index (χ2v) is 9.63. The number of aromatic nitrogens is 4. The van der Waals surface area contributed by atoms with Gasteiger partial charge in [0.15, 0.2) is 0 Å². The van der Waals surface area contributed by atoms with Gasteiger partial charge in [-0.3, -0.25) is 4.79 Å². The highest BCUT2D eigenvalue weighted by Crippen LogP contribution is 2.70. The summed E-state index contributed by atoms with van der Waals surface area (Å²) in [5, 5.41) is 20.5. The van der Waals surface area contributed by atoms with Crippen molar-refractivity contribution in [2.75, 3.05) is 13.2 Å². The second kappa shape index (κ2) is 8.02. The van der Waals surface area contributed by atoms with Crippen LogP contribution in [0.15, 0.2) is 30.5 Å². The summed E-state index contributed by atoms with van der Waals surface area (Å²) in [6.45, 7) is 4.03. The number of carbonyl (C=O) groups is 1. The minimum Gasteiger partial charge on any atom is -0.395 e. The topological polar surface area (TPSA) is 101 Å². The van der Waals surface area contributed by atoms with Crippen LogP contribution in [0.2, 0.25) is 5.02 Å². The number of aliphatic hydroxyl groups excluding tert-OH is 1. The summed E-state index contributed by atoms with van der Waals surface area (Å²) >= 11 is 6.59. The molecule has 5 rings (SSSR count). The summed E-state index contributed by atoms with van der Waals surface area (Å²) in [7, 11) is 0. The highest BCUT2D eigenvalue weighted by atomic mass is 35.5. The van der Waals surface area contributed by atoms with Crippen molar-refractivity contribution >= 4 is 17.5 Å². The summed E-state index contributed by atoms with van der Waals surface area (Å²) in [5.74, 6) is -1.96. The van der Waals surface area contributed by atoms with Crippen LogP contribution in [-0.4, -0.2) is 44.3 Å². The van der Waals surface area contributed by atoms with Crippen LogP contribution >= 0.6 is 11.6 Å². The van der Waals surface area contributed by atoms with Gasteiger partial charge in [0.05, 0.1) is 45.9 Å². The molecule has 2 bridgehead atoms. The Labute approximate surface area is 199 Å². The first-order valence-electron chi connectivity index (χ1n) is 11.0. The van der Waals surface area contributed by atoms with Crippen LogP contribution in [0.1, 0.15) is 60.2 Å². The van der Waals surface area contributed by atoms with Crippen LogP contribution < -0.4 is 5.32 Å². The second-order valence-electron chi connectivity index (χ2n) is 9.22. The van der Waals surface area contributed by atoms with Gasteiger partial charge in [-0.1, -0.05) is 31.5 Å². The van der Waals surface area contributed by atoms with Crippen molar-refractivity contribution in [2.24, 2.45) is 5.41 Å². The molecule has 0 aliphatic heterocycles. The van der Waals surface area contributed by atoms with Crippen LogP contribution in [0.25, 0.3) is 11.3 Å². The lowest BCUT2D eigenvalue weighted by molar-refractivity contribution is 0.0933. The zero-order valence-electron chi connectivity index (χ0n) is 18.6. The molecule has 2 aromatic heterocycles. The first kappa shape index (κ1) is 22.7. The maximum Gasteiger partial charge on any atom is 0.289 e. The van der Waals surface area contributed by atoms with E-state index in [0.717, 1.165) is 12.0 Å². The van der Waals surface area contributed by atoms with Gasteiger partial charge in [0, 0.05) is 6.54 Å². The van der Waals surface area contributed by atoms with E-state index in [-0.39, 0.29) is 36.2 Å². The van der Waals surface area contributed by atoms with Crippen molar-refractivity contribution < 1.29 is 18.7 Å². The molecule has 0 spiro atoms. The fourth-order valence-corrected chi connectivity index (χ4v) is 5.99. The largest absolute Gasteiger partial charge is 0.395 e. The fraction of sp³-hybridized carbons (Fsp3) is 0.375. The molecule has 2 aliphatic carbocycles. The van der Waals surface area contributed by atoms with E-state index >= 15 is 0 Å². The SMILES string of the molecule is CC1(C)[C@H]2CC[C@]1(c1nc(C(=O)NCCO)ncc1Cl)c1nnc(-c3c(F)cccc3F)cc12. The normalized spacial score (nSPS) is 22.0. The third kappa shape index (κ3) is 3.06. The van der Waals surface area contributed by atoms with E-state index in [9.17, 15) is 13.6 Å². The molecule has 0 unspecified atom stereocenters. The minimum atomic E-state index is -0.752. The molecule has 2 atom stereocenters. The lowest BCUT2D eigenvalue weighted by Crippen LogP contribution is -2.39. The van der Waals surface area contributed by atoms with Crippen LogP contribution in [0.5, 0.6) is 0 Å². The molecule has 0 radical (unpaired) electrons. The molecule has 1 aromatic carbocycles. The third-order valence-corrected chi connectivity index (χ3v) is 7.63. The Morgan fingerprint density at radius 2 is 1.97 bits per heavy atom. The number of benzene rings is 1. The monoisotopic (exact) mass is 485 g/mol. The van der Waals surface area contributed by atoms with Crippen molar-refractivity contribution in [3.63, 3.8) is 0 Å². The van der Waals surface area contributed by atoms with Crippen LogP contribution in [0.3, 0.4) is 0 Å². The Morgan fingerprint density at radius 1 is 1.24 bits per heavy atom. The molecule has 2 N–H and O–H groups in total. The summed E-state index contributed by atoms with van der Waals surface area (Å²) in [5.41, 5.74) is 0.733. The molecule has 176 valence electrons. The van der Waals surface area contributed by atoms with Gasteiger partial charge in [0.1, 0.15) is 11.6 Å². The summed E-state index contributed by atoms with van der Waals surface area (Å²) in [6.07, 6.45) is 2.86. The van der Waals surface area contributed by atoms with Crippen LogP contribution in [0.4, 0.5) is 8.78 Å². The zero-order chi connectivity index (χ0) is 24.3. The molecule has 1 saturated carbocycles. The molecule has 10 heteroatoms. The Balaban J connectivity index is 1.67. The number of hydrogen-bond donors (Lipinski definition) is 2. The van der Waals surface area contributed by atoms with Gasteiger partial charge < -0.3 is 10.4 Å². The van der Waals surface area contributed by atoms with E-state index in [2.05, 4.69) is 39.3 Å². The van der Waals surface area contributed by atoms with Crippen molar-refractivity contribution in [2.45, 2.75) is 38.0 Å². The van der Waals surface area contributed by atoms with E-state index in [1.807, 2.05) is 0 Å². The van der Waals surface area contributed by atoms with Gasteiger partial charge in [0.25, 0.3) is 5.91 Å². The number of halogens is 3. The maximum atomic E-state index is 14.4. The first-order valence-corrected chi connectivity index (χ1v) is 11.3. The number of carbonyl (C=O) groups excluding carboxylic acids is 1. The number of amides is 1. The predicted molar refractivity (Wildman–Crippen MR) is 120 cm³/mol. The van der Waals surface area contributed by atoms with Crippen molar-refractivity contribution in [3.05, 3.63) is 69.9 Å². The molecule has 3 aromatic rings. The van der Waals surface area contributed by atoms with Gasteiger partial charge in [0.2, 0.25) is 5.82 Å². The first-order chi connectivity index (χ1) is 16.2. The van der Waals surface area contributed by atoms with Crippen molar-refractivity contribution in [3.8, 4) is 11.3 Å². The molecule has 7 nitrogen and oxygen atoms in total. The average Bonchev–Trinajstić information content (AvgIpc) is 3.18. The molecule has 1 amide bonds. The smallest absolute Gasteiger partial charge is 0.289 e. The summed E-state index contributed by atoms with van der Waals surface area (Å²) in [4.78, 5) is 21.1. The molecular formula is C24H22ClF2N5O2. The van der Waals surface area contributed by atoms with Gasteiger partial charge in [-0.2, -0.15) is 5.10 Å². The van der Waals surface area contributed by atoms with E-state index in [1.54, 1.807) is 6.07 Å². The quantitative estimate of drug-likeness (QED) is 0.570. The number of nitrogens with one attached hydrogen (secondary N) is 1. The van der Waals surface area contributed by atoms with E-state index in [4.69, 9.17) is 16.7 Å². The van der Waals surface area contributed by atoms with E-state index in [0.29, 0.717) is 22.8 Å². The number of rotatable bonds is 5. The lowest BCUT2D eigenvalue weighted by Gasteiger charge is -2.37. The van der Waals surface area contributed by atoms with Gasteiger partial charge in [-0.05, 0) is 47.9 Å². The van der Waals surface area contributed by atoms with E-state index < -0.39 is 28.4 Å². The Kier molecular flexibility index (Phi) is 5.37. The predicted octanol–water partition coefficient (Wildman–Crippen LogP) is 3.79. The number of nitrogens with zero attached hydrogens (tertiary/aromatic N) is 4. The highest BCUT2D eigenvalue weighted by molar-refractivity contribution is 6.31. The number of fused-ring (bicyclic) bond motifs is 5. The molecule has 2 heterocycles. The highest BCUT2D eigenvalue weighted by Gasteiger charge is 2.65. The minimum absolute atomic E-state index is 0.0317. The zero-order valence-corrected chi connectivity index (χ0v) is 19.3. The molecular weight excluding hydrogens is 464 g/mol. The maximum absolute atomic E-state index is 14.4. The molecule has 2 aliphatic rings. The number of aliphatic hydroxyl groups is 1. The van der Waals surface area contributed by atoms with Crippen LogP contribution in [-0.2, 0) is 5.41 Å². The van der Waals surface area contributed by atoms with Gasteiger partial charge in [-0.25, -0.2) is 18.7 Å². The summed E-state index contributed by atoms with van der Waals surface area (Å²) < 4.78 is 28.9. The Bertz CT molecular complexity index is 1300. The van der Waals surface area contributed by atoms with Gasteiger partial charge >= 0.3 is 0 Å². The Hall–Kier alpha value is -3.04. The molecule has 1 fully saturated rings. The van der Waals surface area contributed by atoms with Gasteiger partial charge in [-0.15, -0.1) is 5.10 Å². The van der Waals surface area contributed by atoms with Crippen molar-refractivity contribution in [1.82, 2.24) is 25.5 Å². The number of hydrogen-bond acceptors (Lipinski definition) is 6. The fourth-order valence-electron chi connectivity index (χ4n) is 5.74. The third-order valence-electron chi connectivity index (χ3n) is 7.35.